The van der Waals surface area contributed by atoms with E-state index < -0.39 is 0 Å². The maximum atomic E-state index is 4.56. The lowest BCUT2D eigenvalue weighted by molar-refractivity contribution is 0.509. The molecule has 1 heterocycles. The number of fused-ring (bicyclic) bond motifs is 1. The molecule has 1 aliphatic rings. The Morgan fingerprint density at radius 2 is 2.18 bits per heavy atom. The van der Waals surface area contributed by atoms with Gasteiger partial charge in [0.05, 0.1) is 10.7 Å². The summed E-state index contributed by atoms with van der Waals surface area (Å²) in [7, 11) is 0. The van der Waals surface area contributed by atoms with Crippen LogP contribution in [-0.2, 0) is 11.8 Å². The zero-order chi connectivity index (χ0) is 8.06. The van der Waals surface area contributed by atoms with Gasteiger partial charge in [-0.3, -0.25) is 0 Å². The van der Waals surface area contributed by atoms with Crippen molar-refractivity contribution in [2.75, 3.05) is 0 Å². The fourth-order valence-corrected chi connectivity index (χ4v) is 2.83. The summed E-state index contributed by atoms with van der Waals surface area (Å²) in [4.78, 5) is 6.08. The molecule has 0 saturated carbocycles. The lowest BCUT2D eigenvalue weighted by atomic mass is 9.91. The average molecular weight is 167 g/mol. The van der Waals surface area contributed by atoms with E-state index >= 15 is 0 Å². The van der Waals surface area contributed by atoms with Gasteiger partial charge in [-0.05, 0) is 19.8 Å². The summed E-state index contributed by atoms with van der Waals surface area (Å²) in [5.41, 5.74) is 1.71. The summed E-state index contributed by atoms with van der Waals surface area (Å²) in [5, 5.41) is 1.22. The van der Waals surface area contributed by atoms with E-state index in [4.69, 9.17) is 0 Å². The second-order valence-corrected chi connectivity index (χ2v) is 5.18. The molecule has 0 amide bonds. The van der Waals surface area contributed by atoms with Gasteiger partial charge in [-0.25, -0.2) is 4.98 Å². The second kappa shape index (κ2) is 2.07. The fourth-order valence-electron chi connectivity index (χ4n) is 1.71. The molecule has 0 atom stereocenters. The number of nitrogens with zero attached hydrogens (tertiary/aromatic N) is 1. The van der Waals surface area contributed by atoms with Gasteiger partial charge in [-0.15, -0.1) is 11.3 Å². The molecular weight excluding hydrogens is 154 g/mol. The van der Waals surface area contributed by atoms with Crippen LogP contribution in [0, 0.1) is 6.92 Å². The van der Waals surface area contributed by atoms with Crippen molar-refractivity contribution in [3.05, 3.63) is 15.6 Å². The van der Waals surface area contributed by atoms with Gasteiger partial charge in [-0.1, -0.05) is 13.8 Å². The molecule has 60 valence electrons. The van der Waals surface area contributed by atoms with Crippen molar-refractivity contribution in [2.24, 2.45) is 0 Å². The highest BCUT2D eigenvalue weighted by molar-refractivity contribution is 7.11. The van der Waals surface area contributed by atoms with Crippen LogP contribution < -0.4 is 0 Å². The largest absolute Gasteiger partial charge is 0.246 e. The van der Waals surface area contributed by atoms with Gasteiger partial charge in [0.25, 0.3) is 0 Å². The summed E-state index contributed by atoms with van der Waals surface area (Å²) < 4.78 is 0. The van der Waals surface area contributed by atoms with E-state index in [1.165, 1.54) is 28.4 Å². The third kappa shape index (κ3) is 1.00. The van der Waals surface area contributed by atoms with Gasteiger partial charge in [0.15, 0.2) is 0 Å². The van der Waals surface area contributed by atoms with Crippen LogP contribution in [0.4, 0.5) is 0 Å². The second-order valence-electron chi connectivity index (χ2n) is 3.89. The summed E-state index contributed by atoms with van der Waals surface area (Å²) in [5.74, 6) is 0. The van der Waals surface area contributed by atoms with Gasteiger partial charge in [0.1, 0.15) is 0 Å². The number of hydrogen-bond donors (Lipinski definition) is 0. The first-order valence-electron chi connectivity index (χ1n) is 4.06. The van der Waals surface area contributed by atoms with Crippen molar-refractivity contribution >= 4 is 11.3 Å². The molecule has 0 saturated heterocycles. The van der Waals surface area contributed by atoms with Crippen molar-refractivity contribution in [2.45, 2.75) is 39.0 Å². The number of rotatable bonds is 0. The molecule has 2 heteroatoms. The highest BCUT2D eigenvalue weighted by Gasteiger charge is 2.32. The van der Waals surface area contributed by atoms with Crippen LogP contribution in [0.3, 0.4) is 0 Å². The van der Waals surface area contributed by atoms with E-state index in [0.29, 0.717) is 5.41 Å². The minimum atomic E-state index is 0.347. The number of aryl methyl sites for hydroxylation is 2. The van der Waals surface area contributed by atoms with E-state index in [0.717, 1.165) is 0 Å². The Kier molecular flexibility index (Phi) is 1.37. The van der Waals surface area contributed by atoms with Crippen molar-refractivity contribution < 1.29 is 0 Å². The molecule has 0 aromatic carbocycles. The molecule has 1 nitrogen and oxygen atoms in total. The lowest BCUT2D eigenvalue weighted by Gasteiger charge is -2.15. The molecule has 0 fully saturated rings. The summed E-state index contributed by atoms with van der Waals surface area (Å²) in [6.07, 6.45) is 2.52. The molecule has 0 spiro atoms. The predicted octanol–water partition coefficient (Wildman–Crippen LogP) is 2.68. The molecule has 0 bridgehead atoms. The Bertz CT molecular complexity index is 286. The Morgan fingerprint density at radius 1 is 1.45 bits per heavy atom. The van der Waals surface area contributed by atoms with Crippen molar-refractivity contribution in [1.82, 2.24) is 4.98 Å². The molecule has 0 radical (unpaired) electrons. The first-order chi connectivity index (χ1) is 5.09. The maximum absolute atomic E-state index is 4.56. The first kappa shape index (κ1) is 7.29. The van der Waals surface area contributed by atoms with Crippen LogP contribution in [0.1, 0.15) is 35.8 Å². The molecule has 0 N–H and O–H groups in total. The smallest absolute Gasteiger partial charge is 0.0900 e. The fraction of sp³-hybridized carbons (Fsp3) is 0.667. The average Bonchev–Trinajstić information content (AvgIpc) is 2.35. The van der Waals surface area contributed by atoms with Crippen LogP contribution in [0.15, 0.2) is 0 Å². The molecule has 1 aromatic rings. The third-order valence-corrected chi connectivity index (χ3v) is 3.45. The van der Waals surface area contributed by atoms with E-state index in [9.17, 15) is 0 Å². The number of thiazole rings is 1. The highest BCUT2D eigenvalue weighted by Crippen LogP contribution is 2.40. The maximum Gasteiger partial charge on any atom is 0.0900 e. The molecular formula is C9H13NS. The molecule has 1 aromatic heterocycles. The summed E-state index contributed by atoms with van der Waals surface area (Å²) in [6.45, 7) is 6.68. The third-order valence-electron chi connectivity index (χ3n) is 2.42. The molecule has 11 heavy (non-hydrogen) atoms. The van der Waals surface area contributed by atoms with Crippen molar-refractivity contribution in [1.29, 1.82) is 0 Å². The predicted molar refractivity (Wildman–Crippen MR) is 48.2 cm³/mol. The first-order valence-corrected chi connectivity index (χ1v) is 4.88. The summed E-state index contributed by atoms with van der Waals surface area (Å²) in [6, 6.07) is 0. The van der Waals surface area contributed by atoms with E-state index in [1.807, 2.05) is 11.3 Å². The zero-order valence-electron chi connectivity index (χ0n) is 7.27. The van der Waals surface area contributed by atoms with Crippen LogP contribution in [-0.4, -0.2) is 4.98 Å². The molecule has 1 aliphatic carbocycles. The molecule has 0 unspecified atom stereocenters. The van der Waals surface area contributed by atoms with Crippen molar-refractivity contribution in [3.63, 3.8) is 0 Å². The van der Waals surface area contributed by atoms with Gasteiger partial charge < -0.3 is 0 Å². The normalized spacial score (nSPS) is 20.3. The lowest BCUT2D eigenvalue weighted by Crippen LogP contribution is -2.12. The van der Waals surface area contributed by atoms with E-state index in [-0.39, 0.29) is 0 Å². The van der Waals surface area contributed by atoms with E-state index in [1.54, 1.807) is 0 Å². The quantitative estimate of drug-likeness (QED) is 0.579. The molecule has 0 aliphatic heterocycles. The Morgan fingerprint density at radius 3 is 2.82 bits per heavy atom. The van der Waals surface area contributed by atoms with Crippen LogP contribution in [0.25, 0.3) is 0 Å². The van der Waals surface area contributed by atoms with Crippen LogP contribution >= 0.6 is 11.3 Å². The van der Waals surface area contributed by atoms with Gasteiger partial charge in [0.2, 0.25) is 0 Å². The Hall–Kier alpha value is -0.370. The minimum absolute atomic E-state index is 0.347. The standard InChI is InChI=1S/C9H13NS/c1-6-10-8-7(11-6)4-5-9(8,2)3/h4-5H2,1-3H3. The number of aromatic nitrogens is 1. The van der Waals surface area contributed by atoms with Crippen molar-refractivity contribution in [3.8, 4) is 0 Å². The monoisotopic (exact) mass is 167 g/mol. The number of hydrogen-bond acceptors (Lipinski definition) is 2. The Labute approximate surface area is 71.5 Å². The van der Waals surface area contributed by atoms with Gasteiger partial charge >= 0.3 is 0 Å². The molecule has 2 rings (SSSR count). The minimum Gasteiger partial charge on any atom is -0.246 e. The highest BCUT2D eigenvalue weighted by atomic mass is 32.1. The van der Waals surface area contributed by atoms with Crippen LogP contribution in [0.5, 0.6) is 0 Å². The SMILES string of the molecule is Cc1nc2c(s1)CCC2(C)C. The van der Waals surface area contributed by atoms with Gasteiger partial charge in [-0.2, -0.15) is 0 Å². The van der Waals surface area contributed by atoms with E-state index in [2.05, 4.69) is 25.8 Å². The van der Waals surface area contributed by atoms with Gasteiger partial charge in [0, 0.05) is 10.3 Å². The zero-order valence-corrected chi connectivity index (χ0v) is 8.09. The Balaban J connectivity index is 2.54. The summed E-state index contributed by atoms with van der Waals surface area (Å²) >= 11 is 1.87. The topological polar surface area (TPSA) is 12.9 Å². The van der Waals surface area contributed by atoms with Crippen LogP contribution in [0.2, 0.25) is 0 Å².